The molecule has 0 fully saturated rings. The van der Waals surface area contributed by atoms with E-state index in [0.29, 0.717) is 35.2 Å². The van der Waals surface area contributed by atoms with Gasteiger partial charge in [0.1, 0.15) is 6.61 Å². The van der Waals surface area contributed by atoms with Crippen LogP contribution < -0.4 is 5.73 Å². The van der Waals surface area contributed by atoms with Crippen LogP contribution in [-0.4, -0.2) is 54.2 Å². The fraction of sp³-hybridized carbons (Fsp3) is 0.300. The van der Waals surface area contributed by atoms with Crippen LogP contribution >= 0.6 is 0 Å². The van der Waals surface area contributed by atoms with E-state index in [-0.39, 0.29) is 24.7 Å². The molecule has 0 aliphatic rings. The molecule has 0 aliphatic heterocycles. The maximum absolute atomic E-state index is 13.2. The average Bonchev–Trinajstić information content (AvgIpc) is 2.94. The second-order valence-electron chi connectivity index (χ2n) is 9.30. The molecule has 0 heterocycles. The van der Waals surface area contributed by atoms with Crippen molar-refractivity contribution < 1.29 is 19.4 Å². The number of carbonyl (C=O) groups is 2. The fourth-order valence-electron chi connectivity index (χ4n) is 4.02. The van der Waals surface area contributed by atoms with Gasteiger partial charge in [0.15, 0.2) is 0 Å². The van der Waals surface area contributed by atoms with Gasteiger partial charge in [0.05, 0.1) is 29.3 Å². The Labute approximate surface area is 218 Å². The molecule has 3 aromatic rings. The van der Waals surface area contributed by atoms with Gasteiger partial charge >= 0.3 is 5.97 Å². The van der Waals surface area contributed by atoms with Gasteiger partial charge in [-0.3, -0.25) is 4.79 Å². The number of hydrogen-bond acceptors (Lipinski definition) is 6. The van der Waals surface area contributed by atoms with Crippen molar-refractivity contribution in [1.29, 1.82) is 5.26 Å². The molecule has 3 N–H and O–H groups in total. The molecule has 1 atom stereocenters. The highest BCUT2D eigenvalue weighted by Crippen LogP contribution is 2.27. The zero-order valence-corrected chi connectivity index (χ0v) is 21.3. The van der Waals surface area contributed by atoms with Crippen LogP contribution in [0.4, 0.5) is 0 Å². The summed E-state index contributed by atoms with van der Waals surface area (Å²) in [6.45, 7) is 2.04. The lowest BCUT2D eigenvalue weighted by atomic mass is 9.93. The first-order chi connectivity index (χ1) is 17.8. The summed E-state index contributed by atoms with van der Waals surface area (Å²) in [5, 5.41) is 19.5. The average molecular weight is 500 g/mol. The van der Waals surface area contributed by atoms with E-state index in [1.54, 1.807) is 48.3 Å². The number of esters is 1. The zero-order valence-electron chi connectivity index (χ0n) is 21.3. The second kappa shape index (κ2) is 12.8. The minimum atomic E-state index is -1.17. The van der Waals surface area contributed by atoms with Crippen LogP contribution in [0, 0.1) is 11.3 Å². The standard InChI is InChI=1S/C30H33N3O4/c1-3-4-14-33(2)28(35)25-15-24(27-13-9-8-12-23(27)19-31)16-26(17-25)29(36)37-21-30(32,20-34)18-22-10-6-5-7-11-22/h5-13,15-17,34H,3-4,14,18,20-21,32H2,1-2H3. The Bertz CT molecular complexity index is 1270. The minimum Gasteiger partial charge on any atom is -0.460 e. The predicted octanol–water partition coefficient (Wildman–Crippen LogP) is 4.19. The predicted molar refractivity (Wildman–Crippen MR) is 143 cm³/mol. The van der Waals surface area contributed by atoms with Gasteiger partial charge in [-0.15, -0.1) is 0 Å². The summed E-state index contributed by atoms with van der Waals surface area (Å²) in [4.78, 5) is 28.0. The van der Waals surface area contributed by atoms with E-state index in [0.717, 1.165) is 18.4 Å². The van der Waals surface area contributed by atoms with E-state index >= 15 is 0 Å². The summed E-state index contributed by atoms with van der Waals surface area (Å²) in [6.07, 6.45) is 2.12. The smallest absolute Gasteiger partial charge is 0.338 e. The number of nitrogens with zero attached hydrogens (tertiary/aromatic N) is 2. The van der Waals surface area contributed by atoms with Crippen molar-refractivity contribution in [2.45, 2.75) is 31.7 Å². The number of carbonyl (C=O) groups excluding carboxylic acids is 2. The number of ether oxygens (including phenoxy) is 1. The number of nitriles is 1. The second-order valence-corrected chi connectivity index (χ2v) is 9.30. The third-order valence-corrected chi connectivity index (χ3v) is 6.17. The van der Waals surface area contributed by atoms with Crippen molar-refractivity contribution in [3.63, 3.8) is 0 Å². The lowest BCUT2D eigenvalue weighted by Gasteiger charge is -2.27. The molecule has 37 heavy (non-hydrogen) atoms. The van der Waals surface area contributed by atoms with E-state index in [4.69, 9.17) is 10.5 Å². The maximum atomic E-state index is 13.2. The molecule has 7 heteroatoms. The van der Waals surface area contributed by atoms with Crippen LogP contribution in [0.15, 0.2) is 72.8 Å². The molecule has 0 aliphatic carbocycles. The Kier molecular flexibility index (Phi) is 9.56. The van der Waals surface area contributed by atoms with Crippen molar-refractivity contribution in [3.8, 4) is 17.2 Å². The molecule has 3 aromatic carbocycles. The van der Waals surface area contributed by atoms with E-state index in [9.17, 15) is 20.0 Å². The molecule has 0 aromatic heterocycles. The van der Waals surface area contributed by atoms with Crippen LogP contribution in [0.2, 0.25) is 0 Å². The third-order valence-electron chi connectivity index (χ3n) is 6.17. The highest BCUT2D eigenvalue weighted by Gasteiger charge is 2.28. The van der Waals surface area contributed by atoms with Gasteiger partial charge < -0.3 is 20.5 Å². The SMILES string of the molecule is CCCCN(C)C(=O)c1cc(C(=O)OCC(N)(CO)Cc2ccccc2)cc(-c2ccccc2C#N)c1. The van der Waals surface area contributed by atoms with Crippen LogP contribution in [-0.2, 0) is 11.2 Å². The normalized spacial score (nSPS) is 12.3. The molecule has 3 rings (SSSR count). The number of benzene rings is 3. The maximum Gasteiger partial charge on any atom is 0.338 e. The van der Waals surface area contributed by atoms with Crippen molar-refractivity contribution >= 4 is 11.9 Å². The Morgan fingerprint density at radius 2 is 1.73 bits per heavy atom. The van der Waals surface area contributed by atoms with Crippen molar-refractivity contribution in [2.24, 2.45) is 5.73 Å². The van der Waals surface area contributed by atoms with Gasteiger partial charge in [-0.1, -0.05) is 61.9 Å². The van der Waals surface area contributed by atoms with Crippen molar-refractivity contribution in [1.82, 2.24) is 4.90 Å². The molecule has 1 unspecified atom stereocenters. The molecule has 0 bridgehead atoms. The van der Waals surface area contributed by atoms with Gasteiger partial charge in [0, 0.05) is 19.2 Å². The van der Waals surface area contributed by atoms with Crippen molar-refractivity contribution in [3.05, 3.63) is 95.1 Å². The monoisotopic (exact) mass is 499 g/mol. The topological polar surface area (TPSA) is 117 Å². The van der Waals surface area contributed by atoms with Crippen molar-refractivity contribution in [2.75, 3.05) is 26.8 Å². The number of nitrogens with two attached hydrogens (primary N) is 1. The summed E-state index contributed by atoms with van der Waals surface area (Å²) in [5.74, 6) is -0.899. The fourth-order valence-corrected chi connectivity index (χ4v) is 4.02. The molecule has 0 saturated heterocycles. The Balaban J connectivity index is 1.92. The van der Waals surface area contributed by atoms with Gasteiger partial charge in [0.25, 0.3) is 5.91 Å². The third kappa shape index (κ3) is 7.26. The van der Waals surface area contributed by atoms with Crippen LogP contribution in [0.1, 0.15) is 51.6 Å². The number of aliphatic hydroxyl groups excluding tert-OH is 1. The number of rotatable bonds is 11. The molecule has 7 nitrogen and oxygen atoms in total. The molecule has 0 radical (unpaired) electrons. The minimum absolute atomic E-state index is 0.164. The van der Waals surface area contributed by atoms with Gasteiger partial charge in [-0.25, -0.2) is 4.79 Å². The highest BCUT2D eigenvalue weighted by molar-refractivity contribution is 6.00. The first-order valence-electron chi connectivity index (χ1n) is 12.3. The first-order valence-corrected chi connectivity index (χ1v) is 12.3. The number of amides is 1. The summed E-state index contributed by atoms with van der Waals surface area (Å²) < 4.78 is 5.55. The molecule has 0 saturated carbocycles. The van der Waals surface area contributed by atoms with E-state index in [1.807, 2.05) is 37.3 Å². The van der Waals surface area contributed by atoms with E-state index < -0.39 is 11.5 Å². The van der Waals surface area contributed by atoms with Crippen LogP contribution in [0.3, 0.4) is 0 Å². The van der Waals surface area contributed by atoms with E-state index in [2.05, 4.69) is 6.07 Å². The van der Waals surface area contributed by atoms with Gasteiger partial charge in [-0.05, 0) is 53.8 Å². The Morgan fingerprint density at radius 1 is 1.05 bits per heavy atom. The van der Waals surface area contributed by atoms with Gasteiger partial charge in [0.2, 0.25) is 0 Å². The summed E-state index contributed by atoms with van der Waals surface area (Å²) in [6, 6.07) is 23.4. The summed E-state index contributed by atoms with van der Waals surface area (Å²) >= 11 is 0. The Morgan fingerprint density at radius 3 is 2.41 bits per heavy atom. The molecule has 192 valence electrons. The lowest BCUT2D eigenvalue weighted by molar-refractivity contribution is 0.0331. The first kappa shape index (κ1) is 27.6. The van der Waals surface area contributed by atoms with Crippen LogP contribution in [0.5, 0.6) is 0 Å². The zero-order chi connectivity index (χ0) is 26.8. The molecule has 1 amide bonds. The largest absolute Gasteiger partial charge is 0.460 e. The highest BCUT2D eigenvalue weighted by atomic mass is 16.5. The summed E-state index contributed by atoms with van der Waals surface area (Å²) in [7, 11) is 1.72. The number of aliphatic hydroxyl groups is 1. The lowest BCUT2D eigenvalue weighted by Crippen LogP contribution is -2.50. The molecular weight excluding hydrogens is 466 g/mol. The summed E-state index contributed by atoms with van der Waals surface area (Å²) in [5.41, 5.74) is 8.18. The van der Waals surface area contributed by atoms with Gasteiger partial charge in [-0.2, -0.15) is 5.26 Å². The number of unbranched alkanes of at least 4 members (excludes halogenated alkanes) is 1. The molecule has 0 spiro atoms. The number of hydrogen-bond donors (Lipinski definition) is 2. The van der Waals surface area contributed by atoms with E-state index in [1.165, 1.54) is 6.07 Å². The Hall–Kier alpha value is -3.99. The van der Waals surface area contributed by atoms with Crippen LogP contribution in [0.25, 0.3) is 11.1 Å². The molecular formula is C30H33N3O4. The quantitative estimate of drug-likeness (QED) is 0.382.